The molecule has 3 heteroatoms. The molecular formula is C23H30N2O. The van der Waals surface area contributed by atoms with Crippen LogP contribution in [0.1, 0.15) is 42.0 Å². The average molecular weight is 351 g/mol. The molecule has 2 aromatic rings. The summed E-state index contributed by atoms with van der Waals surface area (Å²) in [5, 5.41) is 3.11. The summed E-state index contributed by atoms with van der Waals surface area (Å²) in [5.41, 5.74) is 5.16. The first-order valence-electron chi connectivity index (χ1n) is 9.77. The van der Waals surface area contributed by atoms with Crippen molar-refractivity contribution in [3.63, 3.8) is 0 Å². The molecule has 0 bridgehead atoms. The number of amides is 1. The fraction of sp³-hybridized carbons (Fsp3) is 0.435. The van der Waals surface area contributed by atoms with E-state index in [0.717, 1.165) is 44.5 Å². The van der Waals surface area contributed by atoms with Crippen molar-refractivity contribution in [1.82, 2.24) is 10.2 Å². The number of aryl methyl sites for hydroxylation is 2. The van der Waals surface area contributed by atoms with Gasteiger partial charge in [-0.1, -0.05) is 61.0 Å². The zero-order valence-corrected chi connectivity index (χ0v) is 16.0. The minimum atomic E-state index is 0.152. The van der Waals surface area contributed by atoms with Gasteiger partial charge in [-0.2, -0.15) is 0 Å². The van der Waals surface area contributed by atoms with Crippen LogP contribution in [0.25, 0.3) is 0 Å². The Morgan fingerprint density at radius 2 is 1.54 bits per heavy atom. The van der Waals surface area contributed by atoms with Crippen LogP contribution in [0.4, 0.5) is 0 Å². The van der Waals surface area contributed by atoms with Crippen LogP contribution in [0.2, 0.25) is 0 Å². The third kappa shape index (κ3) is 5.18. The van der Waals surface area contributed by atoms with E-state index in [0.29, 0.717) is 6.54 Å². The Kier molecular flexibility index (Phi) is 6.45. The Balaban J connectivity index is 1.42. The van der Waals surface area contributed by atoms with Crippen molar-refractivity contribution in [2.45, 2.75) is 46.2 Å². The molecule has 2 aromatic carbocycles. The molecule has 138 valence electrons. The van der Waals surface area contributed by atoms with E-state index in [2.05, 4.69) is 72.6 Å². The first kappa shape index (κ1) is 18.7. The number of hydrogen-bond donors (Lipinski definition) is 1. The van der Waals surface area contributed by atoms with Crippen molar-refractivity contribution in [1.29, 1.82) is 0 Å². The molecular weight excluding hydrogens is 320 g/mol. The predicted octanol–water partition coefficient (Wildman–Crippen LogP) is 4.09. The largest absolute Gasteiger partial charge is 0.352 e. The highest BCUT2D eigenvalue weighted by atomic mass is 16.1. The van der Waals surface area contributed by atoms with Gasteiger partial charge in [0, 0.05) is 19.0 Å². The fourth-order valence-electron chi connectivity index (χ4n) is 3.53. The van der Waals surface area contributed by atoms with E-state index >= 15 is 0 Å². The van der Waals surface area contributed by atoms with Crippen molar-refractivity contribution in [3.05, 3.63) is 70.8 Å². The lowest BCUT2D eigenvalue weighted by Gasteiger charge is -2.31. The number of nitrogens with one attached hydrogen (secondary N) is 1. The molecule has 1 aliphatic heterocycles. The Bertz CT molecular complexity index is 698. The van der Waals surface area contributed by atoms with E-state index in [9.17, 15) is 4.79 Å². The zero-order valence-electron chi connectivity index (χ0n) is 16.0. The number of benzene rings is 2. The van der Waals surface area contributed by atoms with E-state index < -0.39 is 0 Å². The predicted molar refractivity (Wildman–Crippen MR) is 107 cm³/mol. The molecule has 1 saturated heterocycles. The summed E-state index contributed by atoms with van der Waals surface area (Å²) in [7, 11) is 0. The van der Waals surface area contributed by atoms with Crippen LogP contribution < -0.4 is 5.32 Å². The number of carbonyl (C=O) groups is 1. The van der Waals surface area contributed by atoms with E-state index in [1.165, 1.54) is 16.7 Å². The molecule has 0 aromatic heterocycles. The summed E-state index contributed by atoms with van der Waals surface area (Å²) < 4.78 is 0. The van der Waals surface area contributed by atoms with Crippen LogP contribution >= 0.6 is 0 Å². The maximum atomic E-state index is 12.4. The van der Waals surface area contributed by atoms with Crippen molar-refractivity contribution in [2.75, 3.05) is 13.1 Å². The average Bonchev–Trinajstić information content (AvgIpc) is 2.68. The molecule has 0 spiro atoms. The number of rotatable bonds is 6. The van der Waals surface area contributed by atoms with Crippen LogP contribution in [0.15, 0.2) is 48.5 Å². The molecule has 1 N–H and O–H groups in total. The standard InChI is InChI=1S/C23H30N2O/c1-3-19-8-10-21(11-9-19)17-25-14-12-22(13-15-25)23(26)24-16-20-6-4-18(2)5-7-20/h4-11,22H,3,12-17H2,1-2H3,(H,24,26). The Morgan fingerprint density at radius 1 is 0.962 bits per heavy atom. The number of piperidine rings is 1. The normalized spacial score (nSPS) is 15.8. The summed E-state index contributed by atoms with van der Waals surface area (Å²) in [6, 6.07) is 17.3. The highest BCUT2D eigenvalue weighted by Gasteiger charge is 2.24. The molecule has 26 heavy (non-hydrogen) atoms. The molecule has 1 amide bonds. The molecule has 0 unspecified atom stereocenters. The van der Waals surface area contributed by atoms with Gasteiger partial charge < -0.3 is 5.32 Å². The van der Waals surface area contributed by atoms with Gasteiger partial charge >= 0.3 is 0 Å². The number of likely N-dealkylation sites (tertiary alicyclic amines) is 1. The van der Waals surface area contributed by atoms with Crippen LogP contribution in [0.3, 0.4) is 0 Å². The molecule has 0 saturated carbocycles. The smallest absolute Gasteiger partial charge is 0.223 e. The van der Waals surface area contributed by atoms with Gasteiger partial charge in [0.15, 0.2) is 0 Å². The number of hydrogen-bond acceptors (Lipinski definition) is 2. The molecule has 1 aliphatic rings. The highest BCUT2D eigenvalue weighted by Crippen LogP contribution is 2.20. The second-order valence-corrected chi connectivity index (χ2v) is 7.42. The van der Waals surface area contributed by atoms with Gasteiger partial charge in [-0.05, 0) is 56.0 Å². The maximum Gasteiger partial charge on any atom is 0.223 e. The SMILES string of the molecule is CCc1ccc(CN2CCC(C(=O)NCc3ccc(C)cc3)CC2)cc1. The monoisotopic (exact) mass is 350 g/mol. The summed E-state index contributed by atoms with van der Waals surface area (Å²) in [6.45, 7) is 7.87. The van der Waals surface area contributed by atoms with Crippen molar-refractivity contribution < 1.29 is 4.79 Å². The van der Waals surface area contributed by atoms with Crippen molar-refractivity contribution in [2.24, 2.45) is 5.92 Å². The summed E-state index contributed by atoms with van der Waals surface area (Å²) in [5.74, 6) is 0.358. The molecule has 3 nitrogen and oxygen atoms in total. The van der Waals surface area contributed by atoms with E-state index in [1.807, 2.05) is 0 Å². The molecule has 0 radical (unpaired) electrons. The summed E-state index contributed by atoms with van der Waals surface area (Å²) in [6.07, 6.45) is 2.99. The second-order valence-electron chi connectivity index (χ2n) is 7.42. The van der Waals surface area contributed by atoms with Gasteiger partial charge in [0.05, 0.1) is 0 Å². The summed E-state index contributed by atoms with van der Waals surface area (Å²) >= 11 is 0. The van der Waals surface area contributed by atoms with Gasteiger partial charge in [-0.25, -0.2) is 0 Å². The fourth-order valence-corrected chi connectivity index (χ4v) is 3.53. The first-order valence-corrected chi connectivity index (χ1v) is 9.77. The number of carbonyl (C=O) groups excluding carboxylic acids is 1. The lowest BCUT2D eigenvalue weighted by Crippen LogP contribution is -2.40. The Hall–Kier alpha value is -2.13. The van der Waals surface area contributed by atoms with E-state index in [-0.39, 0.29) is 11.8 Å². The molecule has 1 fully saturated rings. The van der Waals surface area contributed by atoms with Crippen molar-refractivity contribution >= 4 is 5.91 Å². The van der Waals surface area contributed by atoms with Gasteiger partial charge in [0.25, 0.3) is 0 Å². The third-order valence-corrected chi connectivity index (χ3v) is 5.38. The van der Waals surface area contributed by atoms with Gasteiger partial charge in [0.1, 0.15) is 0 Å². The van der Waals surface area contributed by atoms with Crippen LogP contribution in [-0.4, -0.2) is 23.9 Å². The lowest BCUT2D eigenvalue weighted by atomic mass is 9.95. The minimum Gasteiger partial charge on any atom is -0.352 e. The highest BCUT2D eigenvalue weighted by molar-refractivity contribution is 5.78. The van der Waals surface area contributed by atoms with Crippen molar-refractivity contribution in [3.8, 4) is 0 Å². The van der Waals surface area contributed by atoms with E-state index in [4.69, 9.17) is 0 Å². The molecule has 1 heterocycles. The first-order chi connectivity index (χ1) is 12.6. The lowest BCUT2D eigenvalue weighted by molar-refractivity contribution is -0.126. The Labute approximate surface area is 157 Å². The second kappa shape index (κ2) is 9.00. The van der Waals surface area contributed by atoms with Crippen LogP contribution in [0.5, 0.6) is 0 Å². The van der Waals surface area contributed by atoms with Crippen LogP contribution in [0, 0.1) is 12.8 Å². The Morgan fingerprint density at radius 3 is 2.15 bits per heavy atom. The molecule has 3 rings (SSSR count). The quantitative estimate of drug-likeness (QED) is 0.851. The van der Waals surface area contributed by atoms with Gasteiger partial charge in [0.2, 0.25) is 5.91 Å². The van der Waals surface area contributed by atoms with Gasteiger partial charge in [-0.3, -0.25) is 9.69 Å². The van der Waals surface area contributed by atoms with E-state index in [1.54, 1.807) is 0 Å². The number of nitrogens with zero attached hydrogens (tertiary/aromatic N) is 1. The molecule has 0 aliphatic carbocycles. The minimum absolute atomic E-state index is 0.152. The third-order valence-electron chi connectivity index (χ3n) is 5.38. The summed E-state index contributed by atoms with van der Waals surface area (Å²) in [4.78, 5) is 14.9. The topological polar surface area (TPSA) is 32.3 Å². The maximum absolute atomic E-state index is 12.4. The van der Waals surface area contributed by atoms with Crippen LogP contribution in [-0.2, 0) is 24.3 Å². The zero-order chi connectivity index (χ0) is 18.4. The molecule has 0 atom stereocenters. The van der Waals surface area contributed by atoms with Gasteiger partial charge in [-0.15, -0.1) is 0 Å².